The molecule has 106 valence electrons. The van der Waals surface area contributed by atoms with Gasteiger partial charge in [0.05, 0.1) is 5.75 Å². The van der Waals surface area contributed by atoms with Gasteiger partial charge < -0.3 is 5.11 Å². The third-order valence-electron chi connectivity index (χ3n) is 3.47. The molecule has 0 amide bonds. The first-order chi connectivity index (χ1) is 8.15. The molecule has 1 fully saturated rings. The first-order valence-corrected chi connectivity index (χ1v) is 7.67. The lowest BCUT2D eigenvalue weighted by Gasteiger charge is -2.44. The molecule has 1 N–H and O–H groups in total. The Morgan fingerprint density at radius 2 is 1.94 bits per heavy atom. The Bertz CT molecular complexity index is 405. The van der Waals surface area contributed by atoms with E-state index in [1.54, 1.807) is 0 Å². The quantitative estimate of drug-likeness (QED) is 0.777. The summed E-state index contributed by atoms with van der Waals surface area (Å²) in [6.07, 6.45) is 0.0702. The number of sulfonamides is 1. The van der Waals surface area contributed by atoms with Gasteiger partial charge in [0.1, 0.15) is 0 Å². The fourth-order valence-corrected chi connectivity index (χ4v) is 3.61. The standard InChI is InChI=1S/C11H22N2O4S/c1-11(2)9-13(7-6-12(11)3)18(16,17)8-4-5-10(14)15/h4-9H2,1-3H3,(H,14,15). The average Bonchev–Trinajstić information content (AvgIpc) is 2.21. The lowest BCUT2D eigenvalue weighted by atomic mass is 10.0. The summed E-state index contributed by atoms with van der Waals surface area (Å²) in [7, 11) is -1.35. The molecule has 1 saturated heterocycles. The summed E-state index contributed by atoms with van der Waals surface area (Å²) >= 11 is 0. The van der Waals surface area contributed by atoms with Gasteiger partial charge in [-0.3, -0.25) is 9.69 Å². The summed E-state index contributed by atoms with van der Waals surface area (Å²) in [6, 6.07) is 0. The number of likely N-dealkylation sites (N-methyl/N-ethyl adjacent to an activating group) is 1. The Morgan fingerprint density at radius 1 is 1.33 bits per heavy atom. The van der Waals surface area contributed by atoms with Crippen LogP contribution in [-0.4, -0.2) is 66.7 Å². The number of carboxylic acid groups (broad SMARTS) is 1. The van der Waals surface area contributed by atoms with E-state index in [0.29, 0.717) is 19.6 Å². The van der Waals surface area contributed by atoms with Crippen molar-refractivity contribution in [3.8, 4) is 0 Å². The number of carbonyl (C=O) groups is 1. The van der Waals surface area contributed by atoms with Gasteiger partial charge in [0.15, 0.2) is 0 Å². The maximum absolute atomic E-state index is 12.1. The van der Waals surface area contributed by atoms with Crippen molar-refractivity contribution in [2.24, 2.45) is 0 Å². The molecule has 0 aliphatic carbocycles. The average molecular weight is 278 g/mol. The molecule has 18 heavy (non-hydrogen) atoms. The van der Waals surface area contributed by atoms with Gasteiger partial charge in [0, 0.05) is 31.6 Å². The molecular formula is C11H22N2O4S. The van der Waals surface area contributed by atoms with E-state index in [2.05, 4.69) is 4.90 Å². The maximum atomic E-state index is 12.1. The minimum atomic E-state index is -3.33. The topological polar surface area (TPSA) is 77.9 Å². The smallest absolute Gasteiger partial charge is 0.303 e. The van der Waals surface area contributed by atoms with Crippen LogP contribution in [0.1, 0.15) is 26.7 Å². The minimum absolute atomic E-state index is 0.0842. The highest BCUT2D eigenvalue weighted by Gasteiger charge is 2.36. The highest BCUT2D eigenvalue weighted by Crippen LogP contribution is 2.21. The fourth-order valence-electron chi connectivity index (χ4n) is 1.97. The molecule has 0 aromatic rings. The second kappa shape index (κ2) is 5.54. The summed E-state index contributed by atoms with van der Waals surface area (Å²) in [6.45, 7) is 5.65. The Morgan fingerprint density at radius 3 is 2.44 bits per heavy atom. The molecule has 1 heterocycles. The fraction of sp³-hybridized carbons (Fsp3) is 0.909. The van der Waals surface area contributed by atoms with Crippen LogP contribution >= 0.6 is 0 Å². The normalized spacial score (nSPS) is 21.9. The number of piperazine rings is 1. The summed E-state index contributed by atoms with van der Waals surface area (Å²) in [5.74, 6) is -1.04. The van der Waals surface area contributed by atoms with Crippen LogP contribution in [0.4, 0.5) is 0 Å². The van der Waals surface area contributed by atoms with Crippen LogP contribution in [0.3, 0.4) is 0 Å². The van der Waals surface area contributed by atoms with Crippen LogP contribution in [0.15, 0.2) is 0 Å². The summed E-state index contributed by atoms with van der Waals surface area (Å²) < 4.78 is 25.6. The molecule has 1 aliphatic heterocycles. The van der Waals surface area contributed by atoms with Crippen LogP contribution in [0.25, 0.3) is 0 Å². The number of hydrogen-bond donors (Lipinski definition) is 1. The van der Waals surface area contributed by atoms with Crippen LogP contribution in [-0.2, 0) is 14.8 Å². The number of aliphatic carboxylic acids is 1. The predicted octanol–water partition coefficient (Wildman–Crippen LogP) is 0.207. The molecule has 1 aliphatic rings. The monoisotopic (exact) mass is 278 g/mol. The minimum Gasteiger partial charge on any atom is -0.481 e. The van der Waals surface area contributed by atoms with Crippen molar-refractivity contribution >= 4 is 16.0 Å². The van der Waals surface area contributed by atoms with Crippen LogP contribution in [0.5, 0.6) is 0 Å². The first-order valence-electron chi connectivity index (χ1n) is 6.06. The molecule has 0 spiro atoms. The Kier molecular flexibility index (Phi) is 4.74. The van der Waals surface area contributed by atoms with Gasteiger partial charge in [0.25, 0.3) is 0 Å². The SMILES string of the molecule is CN1CCN(S(=O)(=O)CCCC(=O)O)CC1(C)C. The molecular weight excluding hydrogens is 256 g/mol. The van der Waals surface area contributed by atoms with Gasteiger partial charge in [-0.2, -0.15) is 4.31 Å². The van der Waals surface area contributed by atoms with Crippen molar-refractivity contribution in [2.45, 2.75) is 32.2 Å². The Hall–Kier alpha value is -0.660. The maximum Gasteiger partial charge on any atom is 0.303 e. The number of carboxylic acids is 1. The summed E-state index contributed by atoms with van der Waals surface area (Å²) in [5.41, 5.74) is -0.182. The van der Waals surface area contributed by atoms with Gasteiger partial charge in [-0.1, -0.05) is 0 Å². The van der Waals surface area contributed by atoms with Crippen LogP contribution < -0.4 is 0 Å². The highest BCUT2D eigenvalue weighted by atomic mass is 32.2. The number of nitrogens with zero attached hydrogens (tertiary/aromatic N) is 2. The molecule has 0 aromatic heterocycles. The zero-order valence-electron chi connectivity index (χ0n) is 11.2. The largest absolute Gasteiger partial charge is 0.481 e. The predicted molar refractivity (Wildman–Crippen MR) is 68.9 cm³/mol. The second-order valence-corrected chi connectivity index (χ2v) is 7.47. The lowest BCUT2D eigenvalue weighted by molar-refractivity contribution is -0.137. The van der Waals surface area contributed by atoms with Gasteiger partial charge in [0.2, 0.25) is 10.0 Å². The van der Waals surface area contributed by atoms with Gasteiger partial charge in [-0.05, 0) is 27.3 Å². The van der Waals surface area contributed by atoms with E-state index in [0.717, 1.165) is 0 Å². The van der Waals surface area contributed by atoms with Crippen molar-refractivity contribution in [2.75, 3.05) is 32.4 Å². The lowest BCUT2D eigenvalue weighted by Crippen LogP contribution is -2.59. The molecule has 0 saturated carbocycles. The van der Waals surface area contributed by atoms with Crippen LogP contribution in [0.2, 0.25) is 0 Å². The summed E-state index contributed by atoms with van der Waals surface area (Å²) in [5, 5.41) is 8.52. The van der Waals surface area contributed by atoms with Crippen molar-refractivity contribution in [3.63, 3.8) is 0 Å². The molecule has 0 atom stereocenters. The second-order valence-electron chi connectivity index (χ2n) is 5.38. The van der Waals surface area contributed by atoms with Gasteiger partial charge in [-0.15, -0.1) is 0 Å². The van der Waals surface area contributed by atoms with Crippen LogP contribution in [0, 0.1) is 0 Å². The zero-order valence-corrected chi connectivity index (χ0v) is 12.0. The molecule has 0 aromatic carbocycles. The zero-order chi connectivity index (χ0) is 14.0. The van der Waals surface area contributed by atoms with E-state index in [-0.39, 0.29) is 24.1 Å². The van der Waals surface area contributed by atoms with E-state index < -0.39 is 16.0 Å². The van der Waals surface area contributed by atoms with Crippen molar-refractivity contribution < 1.29 is 18.3 Å². The molecule has 0 bridgehead atoms. The molecule has 1 rings (SSSR count). The van der Waals surface area contributed by atoms with Gasteiger partial charge in [-0.25, -0.2) is 8.42 Å². The molecule has 7 heteroatoms. The Labute approximate surface area is 109 Å². The van der Waals surface area contributed by atoms with E-state index in [4.69, 9.17) is 5.11 Å². The number of hydrogen-bond acceptors (Lipinski definition) is 4. The van der Waals surface area contributed by atoms with Crippen molar-refractivity contribution in [1.82, 2.24) is 9.21 Å². The molecule has 0 radical (unpaired) electrons. The van der Waals surface area contributed by atoms with E-state index >= 15 is 0 Å². The van der Waals surface area contributed by atoms with Crippen molar-refractivity contribution in [1.29, 1.82) is 0 Å². The third-order valence-corrected chi connectivity index (χ3v) is 5.37. The van der Waals surface area contributed by atoms with E-state index in [1.807, 2.05) is 20.9 Å². The van der Waals surface area contributed by atoms with Crippen molar-refractivity contribution in [3.05, 3.63) is 0 Å². The first kappa shape index (κ1) is 15.4. The Balaban J connectivity index is 2.61. The summed E-state index contributed by atoms with van der Waals surface area (Å²) in [4.78, 5) is 12.5. The number of rotatable bonds is 5. The molecule has 6 nitrogen and oxygen atoms in total. The highest BCUT2D eigenvalue weighted by molar-refractivity contribution is 7.89. The molecule has 0 unspecified atom stereocenters. The van der Waals surface area contributed by atoms with E-state index in [1.165, 1.54) is 4.31 Å². The third kappa shape index (κ3) is 3.93. The van der Waals surface area contributed by atoms with Gasteiger partial charge >= 0.3 is 5.97 Å². The van der Waals surface area contributed by atoms with E-state index in [9.17, 15) is 13.2 Å².